The van der Waals surface area contributed by atoms with Crippen molar-refractivity contribution in [2.45, 2.75) is 25.7 Å². The molecule has 0 bridgehead atoms. The minimum Gasteiger partial charge on any atom is -0.325 e. The molecule has 3 rings (SSSR count). The van der Waals surface area contributed by atoms with Crippen LogP contribution in [0.4, 0.5) is 16.2 Å². The molecular formula is C21H25N3O3S. The first-order chi connectivity index (χ1) is 13.5. The summed E-state index contributed by atoms with van der Waals surface area (Å²) in [5.41, 5.74) is 1.75. The number of nitrogens with zero attached hydrogens (tertiary/aromatic N) is 1. The summed E-state index contributed by atoms with van der Waals surface area (Å²) in [6.07, 6.45) is 5.87. The Balaban J connectivity index is 1.64. The van der Waals surface area contributed by atoms with Gasteiger partial charge in [-0.05, 0) is 42.7 Å². The Kier molecular flexibility index (Phi) is 6.71. The lowest BCUT2D eigenvalue weighted by Crippen LogP contribution is -2.35. The summed E-state index contributed by atoms with van der Waals surface area (Å²) in [5.74, 6) is 0. The maximum absolute atomic E-state index is 12.4. The van der Waals surface area contributed by atoms with Crippen molar-refractivity contribution in [1.29, 1.82) is 0 Å². The molecule has 0 radical (unpaired) electrons. The number of hydrogen-bond acceptors (Lipinski definition) is 3. The largest absolute Gasteiger partial charge is 0.325 e. The Morgan fingerprint density at radius 1 is 0.893 bits per heavy atom. The number of carbonyl (C=O) groups excluding carboxylic acids is 1. The fraction of sp³-hybridized carbons (Fsp3) is 0.286. The van der Waals surface area contributed by atoms with Gasteiger partial charge in [-0.1, -0.05) is 49.2 Å². The minimum absolute atomic E-state index is 0.147. The van der Waals surface area contributed by atoms with Crippen LogP contribution in [0, 0.1) is 0 Å². The molecule has 0 aromatic heterocycles. The van der Waals surface area contributed by atoms with Gasteiger partial charge in [0.05, 0.1) is 11.1 Å². The van der Waals surface area contributed by atoms with Gasteiger partial charge in [0.15, 0.2) is 0 Å². The summed E-state index contributed by atoms with van der Waals surface area (Å²) in [6.45, 7) is 1.50. The number of sulfonamides is 1. The zero-order chi connectivity index (χ0) is 19.8. The van der Waals surface area contributed by atoms with Crippen molar-refractivity contribution in [3.8, 4) is 0 Å². The van der Waals surface area contributed by atoms with Crippen LogP contribution in [-0.4, -0.2) is 32.4 Å². The third-order valence-electron chi connectivity index (χ3n) is 4.51. The second-order valence-corrected chi connectivity index (χ2v) is 8.34. The predicted molar refractivity (Wildman–Crippen MR) is 114 cm³/mol. The lowest BCUT2D eigenvalue weighted by atomic mass is 10.2. The van der Waals surface area contributed by atoms with E-state index in [1.165, 1.54) is 6.08 Å². The van der Waals surface area contributed by atoms with Crippen LogP contribution in [0.25, 0.3) is 6.08 Å². The molecule has 2 N–H and O–H groups in total. The molecule has 6 nitrogen and oxygen atoms in total. The van der Waals surface area contributed by atoms with E-state index in [1.807, 2.05) is 35.2 Å². The predicted octanol–water partition coefficient (Wildman–Crippen LogP) is 4.51. The summed E-state index contributed by atoms with van der Waals surface area (Å²) < 4.78 is 27.1. The lowest BCUT2D eigenvalue weighted by Gasteiger charge is -2.21. The van der Waals surface area contributed by atoms with Crippen LogP contribution in [0.3, 0.4) is 0 Å². The van der Waals surface area contributed by atoms with Crippen molar-refractivity contribution in [2.75, 3.05) is 23.1 Å². The third-order valence-corrected chi connectivity index (χ3v) is 5.52. The number of amides is 2. The topological polar surface area (TPSA) is 78.5 Å². The van der Waals surface area contributed by atoms with E-state index >= 15 is 0 Å². The number of hydrogen-bond donors (Lipinski definition) is 2. The van der Waals surface area contributed by atoms with E-state index in [-0.39, 0.29) is 6.03 Å². The Morgan fingerprint density at radius 2 is 1.57 bits per heavy atom. The number of nitrogens with one attached hydrogen (secondary N) is 2. The molecule has 0 spiro atoms. The molecule has 1 aliphatic heterocycles. The first-order valence-electron chi connectivity index (χ1n) is 9.44. The second kappa shape index (κ2) is 9.41. The molecule has 0 saturated carbocycles. The Morgan fingerprint density at radius 3 is 2.29 bits per heavy atom. The van der Waals surface area contributed by atoms with Crippen molar-refractivity contribution in [3.63, 3.8) is 0 Å². The molecule has 0 atom stereocenters. The van der Waals surface area contributed by atoms with Gasteiger partial charge in [-0.2, -0.15) is 0 Å². The molecule has 1 heterocycles. The zero-order valence-corrected chi connectivity index (χ0v) is 16.5. The quantitative estimate of drug-likeness (QED) is 0.777. The van der Waals surface area contributed by atoms with E-state index in [0.29, 0.717) is 11.4 Å². The van der Waals surface area contributed by atoms with Gasteiger partial charge >= 0.3 is 6.03 Å². The first kappa shape index (κ1) is 19.9. The average Bonchev–Trinajstić information content (AvgIpc) is 2.97. The van der Waals surface area contributed by atoms with Crippen LogP contribution in [0.5, 0.6) is 0 Å². The Labute approximate surface area is 166 Å². The van der Waals surface area contributed by atoms with E-state index in [2.05, 4.69) is 10.0 Å². The molecule has 1 saturated heterocycles. The first-order valence-corrected chi connectivity index (χ1v) is 11.0. The zero-order valence-electron chi connectivity index (χ0n) is 15.7. The van der Waals surface area contributed by atoms with E-state index in [4.69, 9.17) is 0 Å². The number of carbonyl (C=O) groups is 1. The average molecular weight is 400 g/mol. The van der Waals surface area contributed by atoms with Gasteiger partial charge < -0.3 is 10.2 Å². The van der Waals surface area contributed by atoms with Crippen molar-refractivity contribution in [2.24, 2.45) is 0 Å². The summed E-state index contributed by atoms with van der Waals surface area (Å²) in [7, 11) is -3.66. The monoisotopic (exact) mass is 399 g/mol. The summed E-state index contributed by atoms with van der Waals surface area (Å²) in [4.78, 5) is 14.3. The summed E-state index contributed by atoms with van der Waals surface area (Å²) in [6, 6.07) is 15.8. The molecule has 0 unspecified atom stereocenters. The van der Waals surface area contributed by atoms with Crippen LogP contribution >= 0.6 is 0 Å². The van der Waals surface area contributed by atoms with Crippen LogP contribution < -0.4 is 10.0 Å². The van der Waals surface area contributed by atoms with E-state index < -0.39 is 10.0 Å². The number of benzene rings is 2. The smallest absolute Gasteiger partial charge is 0.321 e. The van der Waals surface area contributed by atoms with E-state index in [0.717, 1.165) is 49.7 Å². The number of rotatable bonds is 5. The fourth-order valence-corrected chi connectivity index (χ4v) is 3.93. The molecule has 2 amide bonds. The van der Waals surface area contributed by atoms with Gasteiger partial charge in [0.1, 0.15) is 0 Å². The van der Waals surface area contributed by atoms with Gasteiger partial charge in [0, 0.05) is 18.8 Å². The van der Waals surface area contributed by atoms with Crippen LogP contribution in [0.15, 0.2) is 60.0 Å². The highest BCUT2D eigenvalue weighted by Crippen LogP contribution is 2.18. The van der Waals surface area contributed by atoms with Gasteiger partial charge in [-0.25, -0.2) is 13.2 Å². The molecule has 1 fully saturated rings. The maximum Gasteiger partial charge on any atom is 0.321 e. The number of urea groups is 1. The van der Waals surface area contributed by atoms with Gasteiger partial charge in [-0.15, -0.1) is 0 Å². The van der Waals surface area contributed by atoms with Gasteiger partial charge in [0.2, 0.25) is 0 Å². The van der Waals surface area contributed by atoms with Gasteiger partial charge in [0.25, 0.3) is 10.0 Å². The van der Waals surface area contributed by atoms with Crippen molar-refractivity contribution < 1.29 is 13.2 Å². The van der Waals surface area contributed by atoms with Crippen LogP contribution in [0.2, 0.25) is 0 Å². The number of likely N-dealkylation sites (tertiary alicyclic amines) is 1. The van der Waals surface area contributed by atoms with Crippen molar-refractivity contribution in [3.05, 3.63) is 65.6 Å². The van der Waals surface area contributed by atoms with Gasteiger partial charge in [-0.3, -0.25) is 4.72 Å². The molecular weight excluding hydrogens is 374 g/mol. The van der Waals surface area contributed by atoms with Crippen LogP contribution in [-0.2, 0) is 10.0 Å². The van der Waals surface area contributed by atoms with Crippen molar-refractivity contribution in [1.82, 2.24) is 4.90 Å². The van der Waals surface area contributed by atoms with Crippen molar-refractivity contribution >= 4 is 33.5 Å². The maximum atomic E-state index is 12.4. The second-order valence-electron chi connectivity index (χ2n) is 6.77. The SMILES string of the molecule is O=C(Nc1cccc(NS(=O)(=O)C=Cc2ccccc2)c1)N1CCCCCC1. The molecule has 2 aromatic carbocycles. The Hall–Kier alpha value is -2.80. The normalized spacial score (nSPS) is 15.2. The molecule has 148 valence electrons. The molecule has 0 aliphatic carbocycles. The highest BCUT2D eigenvalue weighted by molar-refractivity contribution is 7.95. The highest BCUT2D eigenvalue weighted by atomic mass is 32.2. The van der Waals surface area contributed by atoms with E-state index in [9.17, 15) is 13.2 Å². The minimum atomic E-state index is -3.66. The fourth-order valence-electron chi connectivity index (χ4n) is 3.07. The lowest BCUT2D eigenvalue weighted by molar-refractivity contribution is 0.214. The van der Waals surface area contributed by atoms with Crippen LogP contribution in [0.1, 0.15) is 31.2 Å². The summed E-state index contributed by atoms with van der Waals surface area (Å²) >= 11 is 0. The molecule has 28 heavy (non-hydrogen) atoms. The standard InChI is InChI=1S/C21H25N3O3S/c25-21(24-14-6-1-2-7-15-24)22-19-11-8-12-20(17-19)23-28(26,27)16-13-18-9-4-3-5-10-18/h3-5,8-13,16-17,23H,1-2,6-7,14-15H2,(H,22,25). The van der Waals surface area contributed by atoms with E-state index in [1.54, 1.807) is 24.3 Å². The number of anilines is 2. The summed E-state index contributed by atoms with van der Waals surface area (Å²) in [5, 5.41) is 3.99. The molecule has 1 aliphatic rings. The molecule has 2 aromatic rings. The highest BCUT2D eigenvalue weighted by Gasteiger charge is 2.15. The Bertz CT molecular complexity index is 919. The third kappa shape index (κ3) is 6.13. The molecule has 7 heteroatoms.